The Morgan fingerprint density at radius 3 is 2.83 bits per heavy atom. The third-order valence-electron chi connectivity index (χ3n) is 3.92. The van der Waals surface area contributed by atoms with Gasteiger partial charge in [0.25, 0.3) is 0 Å². The zero-order valence-corrected chi connectivity index (χ0v) is 14.4. The smallest absolute Gasteiger partial charge is 0.191 e. The lowest BCUT2D eigenvalue weighted by Crippen LogP contribution is -2.21. The first-order chi connectivity index (χ1) is 11.1. The van der Waals surface area contributed by atoms with Crippen molar-refractivity contribution in [3.63, 3.8) is 0 Å². The van der Waals surface area contributed by atoms with Gasteiger partial charge in [0.15, 0.2) is 11.0 Å². The molecular formula is C17H22N4OS. The molecule has 122 valence electrons. The van der Waals surface area contributed by atoms with Crippen LogP contribution in [0.5, 0.6) is 0 Å². The number of thioether (sulfide) groups is 1. The maximum absolute atomic E-state index is 6.06. The van der Waals surface area contributed by atoms with Crippen LogP contribution in [-0.2, 0) is 11.3 Å². The van der Waals surface area contributed by atoms with E-state index in [2.05, 4.69) is 40.2 Å². The van der Waals surface area contributed by atoms with Crippen LogP contribution in [0.15, 0.2) is 42.3 Å². The Balaban J connectivity index is 1.75. The van der Waals surface area contributed by atoms with Gasteiger partial charge in [0.2, 0.25) is 0 Å². The van der Waals surface area contributed by atoms with Gasteiger partial charge in [-0.3, -0.25) is 9.55 Å². The maximum Gasteiger partial charge on any atom is 0.191 e. The van der Waals surface area contributed by atoms with Gasteiger partial charge in [-0.15, -0.1) is 16.8 Å². The topological polar surface area (TPSA) is 52.8 Å². The Morgan fingerprint density at radius 1 is 1.39 bits per heavy atom. The van der Waals surface area contributed by atoms with E-state index in [9.17, 15) is 0 Å². The van der Waals surface area contributed by atoms with E-state index in [0.717, 1.165) is 35.1 Å². The van der Waals surface area contributed by atoms with E-state index >= 15 is 0 Å². The van der Waals surface area contributed by atoms with Crippen LogP contribution in [0.2, 0.25) is 0 Å². The molecule has 0 aliphatic carbocycles. The lowest BCUT2D eigenvalue weighted by atomic mass is 10.1. The van der Waals surface area contributed by atoms with Crippen molar-refractivity contribution in [3.8, 4) is 11.4 Å². The molecule has 1 aliphatic rings. The summed E-state index contributed by atoms with van der Waals surface area (Å²) in [6.45, 7) is 8.83. The van der Waals surface area contributed by atoms with Crippen LogP contribution in [-0.4, -0.2) is 37.2 Å². The second-order valence-electron chi connectivity index (χ2n) is 6.29. The summed E-state index contributed by atoms with van der Waals surface area (Å²) in [4.78, 5) is 4.06. The molecule has 3 heterocycles. The first-order valence-corrected chi connectivity index (χ1v) is 8.83. The lowest BCUT2D eigenvalue weighted by molar-refractivity contribution is -0.00469. The summed E-state index contributed by atoms with van der Waals surface area (Å²) in [5.74, 6) is 1.75. The number of ether oxygens (including phenoxy) is 1. The molecule has 2 aromatic heterocycles. The molecule has 0 N–H and O–H groups in total. The van der Waals surface area contributed by atoms with Crippen LogP contribution in [0.25, 0.3) is 11.4 Å². The van der Waals surface area contributed by atoms with Crippen LogP contribution in [0.4, 0.5) is 0 Å². The second kappa shape index (κ2) is 6.84. The van der Waals surface area contributed by atoms with Crippen molar-refractivity contribution in [3.05, 3.63) is 37.2 Å². The van der Waals surface area contributed by atoms with Gasteiger partial charge in [-0.2, -0.15) is 0 Å². The number of pyridine rings is 1. The van der Waals surface area contributed by atoms with Gasteiger partial charge >= 0.3 is 0 Å². The molecule has 1 atom stereocenters. The summed E-state index contributed by atoms with van der Waals surface area (Å²) >= 11 is 1.70. The van der Waals surface area contributed by atoms with E-state index in [-0.39, 0.29) is 11.7 Å². The molecule has 0 unspecified atom stereocenters. The fourth-order valence-corrected chi connectivity index (χ4v) is 3.75. The number of allylic oxidation sites excluding steroid dienone is 1. The first-order valence-electron chi connectivity index (χ1n) is 7.84. The number of hydrogen-bond acceptors (Lipinski definition) is 5. The molecule has 1 saturated heterocycles. The molecule has 1 fully saturated rings. The van der Waals surface area contributed by atoms with Gasteiger partial charge < -0.3 is 4.74 Å². The molecule has 5 nitrogen and oxygen atoms in total. The second-order valence-corrected chi connectivity index (χ2v) is 7.28. The van der Waals surface area contributed by atoms with Crippen molar-refractivity contribution < 1.29 is 4.74 Å². The first kappa shape index (κ1) is 16.2. The molecular weight excluding hydrogens is 308 g/mol. The molecule has 0 amide bonds. The van der Waals surface area contributed by atoms with Gasteiger partial charge in [0.05, 0.1) is 11.7 Å². The predicted octanol–water partition coefficient (Wildman–Crippen LogP) is 3.58. The Labute approximate surface area is 141 Å². The van der Waals surface area contributed by atoms with Gasteiger partial charge in [0.1, 0.15) is 0 Å². The average Bonchev–Trinajstić information content (AvgIpc) is 3.10. The quantitative estimate of drug-likeness (QED) is 0.598. The zero-order chi connectivity index (χ0) is 16.3. The highest BCUT2D eigenvalue weighted by Crippen LogP contribution is 2.33. The SMILES string of the molecule is C=CCn1c(SC[C@@H]2CCC(C)(C)O2)nnc1-c1ccncc1. The van der Waals surface area contributed by atoms with E-state index in [1.165, 1.54) is 0 Å². The molecule has 0 bridgehead atoms. The zero-order valence-electron chi connectivity index (χ0n) is 13.6. The summed E-state index contributed by atoms with van der Waals surface area (Å²) in [7, 11) is 0. The maximum atomic E-state index is 6.06. The molecule has 6 heteroatoms. The van der Waals surface area contributed by atoms with Gasteiger partial charge in [0, 0.05) is 30.3 Å². The predicted molar refractivity (Wildman–Crippen MR) is 92.4 cm³/mol. The summed E-state index contributed by atoms with van der Waals surface area (Å²) in [6, 6.07) is 3.89. The van der Waals surface area contributed by atoms with Crippen molar-refractivity contribution in [2.75, 3.05) is 5.75 Å². The summed E-state index contributed by atoms with van der Waals surface area (Å²) in [5, 5.41) is 9.62. The highest BCUT2D eigenvalue weighted by Gasteiger charge is 2.31. The highest BCUT2D eigenvalue weighted by atomic mass is 32.2. The van der Waals surface area contributed by atoms with E-state index in [0.29, 0.717) is 6.54 Å². The molecule has 0 aromatic carbocycles. The Hall–Kier alpha value is -1.66. The molecule has 3 rings (SSSR count). The van der Waals surface area contributed by atoms with Crippen LogP contribution in [0.3, 0.4) is 0 Å². The van der Waals surface area contributed by atoms with Crippen molar-refractivity contribution in [1.29, 1.82) is 0 Å². The van der Waals surface area contributed by atoms with Crippen LogP contribution in [0, 0.1) is 0 Å². The fraction of sp³-hybridized carbons (Fsp3) is 0.471. The Morgan fingerprint density at radius 2 is 2.17 bits per heavy atom. The largest absolute Gasteiger partial charge is 0.371 e. The normalized spacial score (nSPS) is 19.8. The molecule has 1 aliphatic heterocycles. The third kappa shape index (κ3) is 3.82. The number of aromatic nitrogens is 4. The molecule has 23 heavy (non-hydrogen) atoms. The van der Waals surface area contributed by atoms with Crippen molar-refractivity contribution in [2.24, 2.45) is 0 Å². The van der Waals surface area contributed by atoms with E-state index in [1.807, 2.05) is 18.2 Å². The average molecular weight is 330 g/mol. The minimum absolute atomic E-state index is 0.00220. The summed E-state index contributed by atoms with van der Waals surface area (Å²) in [6.07, 6.45) is 7.90. The molecule has 0 saturated carbocycles. The van der Waals surface area contributed by atoms with E-state index in [1.54, 1.807) is 24.2 Å². The Kier molecular flexibility index (Phi) is 4.82. The van der Waals surface area contributed by atoms with Gasteiger partial charge in [-0.05, 0) is 38.8 Å². The molecule has 0 radical (unpaired) electrons. The van der Waals surface area contributed by atoms with Crippen molar-refractivity contribution >= 4 is 11.8 Å². The molecule has 2 aromatic rings. The van der Waals surface area contributed by atoms with Crippen molar-refractivity contribution in [2.45, 2.75) is 50.1 Å². The van der Waals surface area contributed by atoms with E-state index in [4.69, 9.17) is 4.74 Å². The molecule has 0 spiro atoms. The number of rotatable bonds is 6. The van der Waals surface area contributed by atoms with Gasteiger partial charge in [-0.1, -0.05) is 17.8 Å². The highest BCUT2D eigenvalue weighted by molar-refractivity contribution is 7.99. The van der Waals surface area contributed by atoms with Crippen LogP contribution >= 0.6 is 11.8 Å². The standard InChI is InChI=1S/C17H22N4OS/c1-4-11-21-15(13-6-9-18-10-7-13)19-20-16(21)23-12-14-5-8-17(2,3)22-14/h4,6-7,9-10,14H,1,5,8,11-12H2,2-3H3/t14-/m0/s1. The number of nitrogens with zero attached hydrogens (tertiary/aromatic N) is 4. The van der Waals surface area contributed by atoms with Crippen LogP contribution in [0.1, 0.15) is 26.7 Å². The van der Waals surface area contributed by atoms with Gasteiger partial charge in [-0.25, -0.2) is 0 Å². The number of hydrogen-bond donors (Lipinski definition) is 0. The minimum atomic E-state index is 0.00220. The van der Waals surface area contributed by atoms with Crippen molar-refractivity contribution in [1.82, 2.24) is 19.7 Å². The van der Waals surface area contributed by atoms with Crippen LogP contribution < -0.4 is 0 Å². The van der Waals surface area contributed by atoms with E-state index < -0.39 is 0 Å². The summed E-state index contributed by atoms with van der Waals surface area (Å²) < 4.78 is 8.15. The lowest BCUT2D eigenvalue weighted by Gasteiger charge is -2.18. The monoisotopic (exact) mass is 330 g/mol. The fourth-order valence-electron chi connectivity index (χ4n) is 2.77. The third-order valence-corrected chi connectivity index (χ3v) is 5.02. The Bertz CT molecular complexity index is 668. The summed E-state index contributed by atoms with van der Waals surface area (Å²) in [5.41, 5.74) is 1.02. The minimum Gasteiger partial charge on any atom is -0.371 e.